The highest BCUT2D eigenvalue weighted by Crippen LogP contribution is 2.47. The van der Waals surface area contributed by atoms with Crippen LogP contribution in [-0.4, -0.2) is 121 Å². The molecule has 3 unspecified atom stereocenters. The molecule has 1 aliphatic carbocycles. The summed E-state index contributed by atoms with van der Waals surface area (Å²) in [4.78, 5) is 35.6. The van der Waals surface area contributed by atoms with Crippen LogP contribution in [0.15, 0.2) is 60.8 Å². The van der Waals surface area contributed by atoms with Crippen LogP contribution >= 0.6 is 7.82 Å². The average molecular weight is 889 g/mol. The molecule has 0 aromatic heterocycles. The Hall–Kier alpha value is -2.53. The smallest absolute Gasteiger partial charge is 0.462 e. The van der Waals surface area contributed by atoms with Crippen molar-refractivity contribution in [3.8, 4) is 0 Å². The molecule has 15 nitrogen and oxygen atoms in total. The summed E-state index contributed by atoms with van der Waals surface area (Å²) in [6.07, 6.45) is 20.4. The molecule has 61 heavy (non-hydrogen) atoms. The van der Waals surface area contributed by atoms with Gasteiger partial charge in [0.1, 0.15) is 43.2 Å². The van der Waals surface area contributed by atoms with Gasteiger partial charge in [0.15, 0.2) is 6.10 Å². The van der Waals surface area contributed by atoms with Gasteiger partial charge in [0.2, 0.25) is 0 Å². The van der Waals surface area contributed by atoms with Crippen molar-refractivity contribution < 1.29 is 73.3 Å². The van der Waals surface area contributed by atoms with Gasteiger partial charge in [-0.05, 0) is 64.2 Å². The van der Waals surface area contributed by atoms with Crippen LogP contribution in [0.5, 0.6) is 0 Å². The SMILES string of the molecule is CCCCC/C=C\C[C@H](O)/C=C/C=C/C=C\[C@H](O)CCCC(=O)O[C@H](COC(=O)CCCCCCC/C=C\CCCCCC)COP(=O)(O)OC1[C@H](O)[C@H](O)C(O)[C@H](O)[C@H]1O. The Morgan fingerprint density at radius 3 is 1.70 bits per heavy atom. The number of hydrogen-bond acceptors (Lipinski definition) is 14. The maximum Gasteiger partial charge on any atom is 0.472 e. The molecule has 0 amide bonds. The summed E-state index contributed by atoms with van der Waals surface area (Å²) < 4.78 is 33.3. The van der Waals surface area contributed by atoms with Crippen LogP contribution in [0.1, 0.15) is 142 Å². The second-order valence-corrected chi connectivity index (χ2v) is 17.0. The average Bonchev–Trinajstić information content (AvgIpc) is 3.23. The highest BCUT2D eigenvalue weighted by molar-refractivity contribution is 7.47. The highest BCUT2D eigenvalue weighted by atomic mass is 31.2. The van der Waals surface area contributed by atoms with Crippen LogP contribution in [0.25, 0.3) is 0 Å². The zero-order valence-electron chi connectivity index (χ0n) is 36.4. The summed E-state index contributed by atoms with van der Waals surface area (Å²) in [5.74, 6) is -1.36. The Bertz CT molecular complexity index is 1330. The predicted octanol–water partition coefficient (Wildman–Crippen LogP) is 6.11. The third-order valence-corrected chi connectivity index (χ3v) is 11.0. The Labute approximate surface area is 363 Å². The van der Waals surface area contributed by atoms with E-state index in [4.69, 9.17) is 18.5 Å². The molecule has 10 atom stereocenters. The molecule has 0 aliphatic heterocycles. The van der Waals surface area contributed by atoms with E-state index in [0.717, 1.165) is 51.4 Å². The second-order valence-electron chi connectivity index (χ2n) is 15.6. The molecule has 16 heteroatoms. The number of hydrogen-bond donors (Lipinski definition) is 8. The zero-order valence-corrected chi connectivity index (χ0v) is 37.3. The predicted molar refractivity (Wildman–Crippen MR) is 233 cm³/mol. The van der Waals surface area contributed by atoms with Crippen molar-refractivity contribution >= 4 is 19.8 Å². The number of phosphoric acid groups is 1. The van der Waals surface area contributed by atoms with E-state index in [-0.39, 0.29) is 25.7 Å². The number of carbonyl (C=O) groups excluding carboxylic acids is 2. The summed E-state index contributed by atoms with van der Waals surface area (Å²) in [5, 5.41) is 70.4. The van der Waals surface area contributed by atoms with E-state index < -0.39 is 87.9 Å². The van der Waals surface area contributed by atoms with Crippen LogP contribution < -0.4 is 0 Å². The number of ether oxygens (including phenoxy) is 2. The number of esters is 2. The largest absolute Gasteiger partial charge is 0.472 e. The molecule has 0 spiro atoms. The molecule has 0 aromatic rings. The molecule has 0 aromatic carbocycles. The van der Waals surface area contributed by atoms with Crippen LogP contribution in [-0.2, 0) is 32.7 Å². The normalized spacial score (nSPS) is 23.6. The highest BCUT2D eigenvalue weighted by Gasteiger charge is 2.51. The van der Waals surface area contributed by atoms with Gasteiger partial charge in [0.05, 0.1) is 18.8 Å². The first-order valence-electron chi connectivity index (χ1n) is 22.3. The van der Waals surface area contributed by atoms with Gasteiger partial charge in [-0.25, -0.2) is 4.57 Å². The minimum atomic E-state index is -5.19. The van der Waals surface area contributed by atoms with Gasteiger partial charge < -0.3 is 50.1 Å². The Kier molecular flexibility index (Phi) is 32.3. The molecule has 8 N–H and O–H groups in total. The molecule has 0 heterocycles. The fourth-order valence-corrected chi connectivity index (χ4v) is 7.27. The van der Waals surface area contributed by atoms with Gasteiger partial charge in [0.25, 0.3) is 0 Å². The van der Waals surface area contributed by atoms with E-state index in [1.54, 1.807) is 30.4 Å². The van der Waals surface area contributed by atoms with Crippen LogP contribution in [0.3, 0.4) is 0 Å². The standard InChI is InChI=1S/C45H77O15P/c1-3-5-7-9-11-12-13-14-15-16-17-19-25-31-38(48)57-33-37(34-58-61(55,56)60-45-43(53)41(51)40(50)42(52)44(45)54)59-39(49)32-26-30-36(47)29-24-21-20-23-28-35(46)27-22-18-10-8-6-4-2/h12-13,18,20-24,28-29,35-37,40-47,50-54H,3-11,14-17,19,25-27,30-34H2,1-2H3,(H,55,56)/b13-12-,21-20+,22-18-,28-23+,29-24-/t35-,36-,37+,40?,41-,42+,43+,44+,45?/m0/s1. The lowest BCUT2D eigenvalue weighted by Gasteiger charge is -2.41. The van der Waals surface area contributed by atoms with Gasteiger partial charge in [0, 0.05) is 12.8 Å². The van der Waals surface area contributed by atoms with Gasteiger partial charge in [-0.3, -0.25) is 18.6 Å². The van der Waals surface area contributed by atoms with E-state index in [1.165, 1.54) is 44.6 Å². The van der Waals surface area contributed by atoms with Crippen LogP contribution in [0, 0.1) is 0 Å². The molecule has 0 bridgehead atoms. The van der Waals surface area contributed by atoms with Crippen molar-refractivity contribution in [2.75, 3.05) is 13.2 Å². The number of rotatable bonds is 35. The van der Waals surface area contributed by atoms with E-state index in [1.807, 2.05) is 6.08 Å². The molecule has 1 fully saturated rings. The number of phosphoric ester groups is 1. The molecule has 0 saturated heterocycles. The van der Waals surface area contributed by atoms with Crippen molar-refractivity contribution in [1.82, 2.24) is 0 Å². The van der Waals surface area contributed by atoms with E-state index in [2.05, 4.69) is 32.1 Å². The molecular formula is C45H77O15P. The van der Waals surface area contributed by atoms with Gasteiger partial charge in [-0.15, -0.1) is 0 Å². The minimum Gasteiger partial charge on any atom is -0.462 e. The molecule has 0 radical (unpaired) electrons. The van der Waals surface area contributed by atoms with Crippen LogP contribution in [0.4, 0.5) is 0 Å². The molecule has 1 saturated carbocycles. The number of aliphatic hydroxyl groups excluding tert-OH is 7. The number of carbonyl (C=O) groups is 2. The lowest BCUT2D eigenvalue weighted by atomic mass is 9.85. The summed E-state index contributed by atoms with van der Waals surface area (Å²) in [7, 11) is -5.19. The third-order valence-electron chi connectivity index (χ3n) is 10.0. The van der Waals surface area contributed by atoms with E-state index in [0.29, 0.717) is 12.8 Å². The minimum absolute atomic E-state index is 0.102. The molecule has 352 valence electrons. The Morgan fingerprint density at radius 2 is 1.08 bits per heavy atom. The third kappa shape index (κ3) is 28.0. The summed E-state index contributed by atoms with van der Waals surface area (Å²) >= 11 is 0. The van der Waals surface area contributed by atoms with E-state index >= 15 is 0 Å². The number of unbranched alkanes of at least 4 members (excludes halogenated alkanes) is 12. The van der Waals surface area contributed by atoms with Gasteiger partial charge in [-0.1, -0.05) is 126 Å². The first-order valence-corrected chi connectivity index (χ1v) is 23.8. The monoisotopic (exact) mass is 889 g/mol. The molecular weight excluding hydrogens is 811 g/mol. The Morgan fingerprint density at radius 1 is 0.590 bits per heavy atom. The van der Waals surface area contributed by atoms with Crippen molar-refractivity contribution in [3.05, 3.63) is 60.8 Å². The van der Waals surface area contributed by atoms with Crippen molar-refractivity contribution in [2.24, 2.45) is 0 Å². The van der Waals surface area contributed by atoms with Crippen molar-refractivity contribution in [1.29, 1.82) is 0 Å². The maximum atomic E-state index is 12.8. The quantitative estimate of drug-likeness (QED) is 0.0118. The fraction of sp³-hybridized carbons (Fsp3) is 0.733. The zero-order chi connectivity index (χ0) is 45.3. The molecule has 1 aliphatic rings. The first-order chi connectivity index (χ1) is 29.2. The fourth-order valence-electron chi connectivity index (χ4n) is 6.30. The van der Waals surface area contributed by atoms with Gasteiger partial charge in [-0.2, -0.15) is 0 Å². The maximum absolute atomic E-state index is 12.8. The van der Waals surface area contributed by atoms with Crippen LogP contribution in [0.2, 0.25) is 0 Å². The van der Waals surface area contributed by atoms with E-state index in [9.17, 15) is 54.8 Å². The van der Waals surface area contributed by atoms with Crippen molar-refractivity contribution in [2.45, 2.75) is 197 Å². The summed E-state index contributed by atoms with van der Waals surface area (Å²) in [6.45, 7) is 2.99. The van der Waals surface area contributed by atoms with Crippen molar-refractivity contribution in [3.63, 3.8) is 0 Å². The lowest BCUT2D eigenvalue weighted by Crippen LogP contribution is -2.64. The summed E-state index contributed by atoms with van der Waals surface area (Å²) in [5.41, 5.74) is 0. The number of allylic oxidation sites excluding steroid dienone is 7. The van der Waals surface area contributed by atoms with Gasteiger partial charge >= 0.3 is 19.8 Å². The molecule has 1 rings (SSSR count). The number of aliphatic hydroxyl groups is 7. The second kappa shape index (κ2) is 34.9. The summed E-state index contributed by atoms with van der Waals surface area (Å²) in [6, 6.07) is 0. The lowest BCUT2D eigenvalue weighted by molar-refractivity contribution is -0.220. The topological polar surface area (TPSA) is 250 Å². The first kappa shape index (κ1) is 56.5. The Balaban J connectivity index is 2.62.